The molecule has 0 aliphatic carbocycles. The molecule has 1 aromatic heterocycles. The second-order valence-corrected chi connectivity index (χ2v) is 2.90. The van der Waals surface area contributed by atoms with Crippen molar-refractivity contribution in [1.82, 2.24) is 4.98 Å². The third-order valence-electron chi connectivity index (χ3n) is 1.84. The summed E-state index contributed by atoms with van der Waals surface area (Å²) < 4.78 is 4.44. The van der Waals surface area contributed by atoms with Crippen molar-refractivity contribution < 1.29 is 14.5 Å². The molecular weight excluding hydrogens is 226 g/mol. The minimum absolute atomic E-state index is 0.00505. The quantitative estimate of drug-likeness (QED) is 0.359. The van der Waals surface area contributed by atoms with Crippen LogP contribution in [0.15, 0.2) is 12.3 Å². The van der Waals surface area contributed by atoms with Gasteiger partial charge in [0.2, 0.25) is 5.82 Å². The zero-order chi connectivity index (χ0) is 12.8. The summed E-state index contributed by atoms with van der Waals surface area (Å²) >= 11 is 0. The number of esters is 1. The first-order valence-corrected chi connectivity index (χ1v) is 4.50. The van der Waals surface area contributed by atoms with E-state index in [2.05, 4.69) is 21.0 Å². The van der Waals surface area contributed by atoms with Crippen molar-refractivity contribution in [3.63, 3.8) is 0 Å². The van der Waals surface area contributed by atoms with E-state index in [4.69, 9.17) is 6.42 Å². The van der Waals surface area contributed by atoms with Gasteiger partial charge in [0.05, 0.1) is 24.1 Å². The van der Waals surface area contributed by atoms with Crippen molar-refractivity contribution in [1.29, 1.82) is 0 Å². The highest BCUT2D eigenvalue weighted by Crippen LogP contribution is 2.22. The number of ether oxygens (including phenoxy) is 1. The highest BCUT2D eigenvalue weighted by molar-refractivity contribution is 5.90. The lowest BCUT2D eigenvalue weighted by Crippen LogP contribution is -2.08. The fourth-order valence-electron chi connectivity index (χ4n) is 1.09. The molecule has 0 unspecified atom stereocenters. The highest BCUT2D eigenvalue weighted by atomic mass is 16.6. The van der Waals surface area contributed by atoms with Crippen LogP contribution in [-0.2, 0) is 4.74 Å². The van der Waals surface area contributed by atoms with Crippen LogP contribution in [0, 0.1) is 22.5 Å². The molecule has 7 nitrogen and oxygen atoms in total. The fourth-order valence-corrected chi connectivity index (χ4v) is 1.09. The molecular formula is C10H9N3O4. The van der Waals surface area contributed by atoms with Gasteiger partial charge in [-0.05, 0) is 0 Å². The number of carbonyl (C=O) groups excluding carboxylic acids is 1. The molecule has 0 spiro atoms. The van der Waals surface area contributed by atoms with Gasteiger partial charge in [0, 0.05) is 12.3 Å². The van der Waals surface area contributed by atoms with Crippen molar-refractivity contribution >= 4 is 17.5 Å². The van der Waals surface area contributed by atoms with Gasteiger partial charge in [-0.2, -0.15) is 0 Å². The van der Waals surface area contributed by atoms with Crippen LogP contribution < -0.4 is 5.32 Å². The zero-order valence-corrected chi connectivity index (χ0v) is 8.97. The second-order valence-electron chi connectivity index (χ2n) is 2.90. The average Bonchev–Trinajstić information content (AvgIpc) is 2.35. The zero-order valence-electron chi connectivity index (χ0n) is 8.97. The lowest BCUT2D eigenvalue weighted by atomic mass is 10.2. The summed E-state index contributed by atoms with van der Waals surface area (Å²) in [6.45, 7) is 0.103. The lowest BCUT2D eigenvalue weighted by Gasteiger charge is -2.04. The molecule has 0 fully saturated rings. The lowest BCUT2D eigenvalue weighted by molar-refractivity contribution is -0.384. The van der Waals surface area contributed by atoms with Gasteiger partial charge in [-0.25, -0.2) is 9.78 Å². The minimum atomic E-state index is -0.691. The van der Waals surface area contributed by atoms with Gasteiger partial charge in [0.1, 0.15) is 0 Å². The molecule has 0 radical (unpaired) electrons. The van der Waals surface area contributed by atoms with E-state index in [0.29, 0.717) is 0 Å². The number of rotatable bonds is 4. The minimum Gasteiger partial charge on any atom is -0.465 e. The molecule has 7 heteroatoms. The molecule has 0 aromatic carbocycles. The van der Waals surface area contributed by atoms with Gasteiger partial charge in [0.25, 0.3) is 0 Å². The normalized spacial score (nSPS) is 9.18. The van der Waals surface area contributed by atoms with Crippen LogP contribution in [0.1, 0.15) is 10.4 Å². The van der Waals surface area contributed by atoms with Gasteiger partial charge in [-0.3, -0.25) is 10.1 Å². The smallest absolute Gasteiger partial charge is 0.339 e. The Morgan fingerprint density at radius 3 is 3.00 bits per heavy atom. The molecule has 0 amide bonds. The predicted molar refractivity (Wildman–Crippen MR) is 59.6 cm³/mol. The van der Waals surface area contributed by atoms with E-state index < -0.39 is 10.9 Å². The first-order valence-electron chi connectivity index (χ1n) is 4.50. The van der Waals surface area contributed by atoms with Gasteiger partial charge < -0.3 is 10.1 Å². The molecule has 0 saturated carbocycles. The molecule has 1 N–H and O–H groups in total. The molecule has 1 heterocycles. The molecule has 0 bridgehead atoms. The largest absolute Gasteiger partial charge is 0.465 e. The van der Waals surface area contributed by atoms with E-state index in [-0.39, 0.29) is 23.6 Å². The van der Waals surface area contributed by atoms with Crippen molar-refractivity contribution in [2.24, 2.45) is 0 Å². The van der Waals surface area contributed by atoms with E-state index in [1.54, 1.807) is 0 Å². The number of nitrogens with zero attached hydrogens (tertiary/aromatic N) is 2. The number of terminal acetylenes is 1. The number of nitrogens with one attached hydrogen (secondary N) is 1. The molecule has 0 atom stereocenters. The van der Waals surface area contributed by atoms with Gasteiger partial charge in [0.15, 0.2) is 0 Å². The summed E-state index contributed by atoms with van der Waals surface area (Å²) in [6.07, 6.45) is 6.20. The fraction of sp³-hybridized carbons (Fsp3) is 0.200. The maximum atomic E-state index is 11.2. The maximum absolute atomic E-state index is 11.2. The second kappa shape index (κ2) is 5.46. The van der Waals surface area contributed by atoms with Gasteiger partial charge in [-0.1, -0.05) is 5.92 Å². The third-order valence-corrected chi connectivity index (χ3v) is 1.84. The molecule has 0 aliphatic heterocycles. The van der Waals surface area contributed by atoms with E-state index >= 15 is 0 Å². The summed E-state index contributed by atoms with van der Waals surface area (Å²) in [6, 6.07) is 1.08. The Morgan fingerprint density at radius 1 is 1.76 bits per heavy atom. The van der Waals surface area contributed by atoms with E-state index in [1.165, 1.54) is 13.3 Å². The number of anilines is 1. The Bertz CT molecular complexity index is 493. The van der Waals surface area contributed by atoms with Crippen molar-refractivity contribution in [2.45, 2.75) is 0 Å². The first kappa shape index (κ1) is 12.4. The number of pyridine rings is 1. The number of methoxy groups -OCH3 is 1. The Balaban J connectivity index is 3.13. The number of nitro groups is 1. The van der Waals surface area contributed by atoms with E-state index in [0.717, 1.165) is 6.07 Å². The van der Waals surface area contributed by atoms with Crippen LogP contribution in [0.2, 0.25) is 0 Å². The van der Waals surface area contributed by atoms with Gasteiger partial charge >= 0.3 is 11.7 Å². The van der Waals surface area contributed by atoms with Crippen molar-refractivity contribution in [3.8, 4) is 12.3 Å². The summed E-state index contributed by atoms with van der Waals surface area (Å²) in [5.41, 5.74) is -0.325. The Labute approximate surface area is 97.0 Å². The van der Waals surface area contributed by atoms with Crippen molar-refractivity contribution in [3.05, 3.63) is 27.9 Å². The van der Waals surface area contributed by atoms with Crippen LogP contribution in [0.25, 0.3) is 0 Å². The summed E-state index contributed by atoms with van der Waals surface area (Å²) in [4.78, 5) is 25.0. The van der Waals surface area contributed by atoms with Crippen LogP contribution in [0.3, 0.4) is 0 Å². The topological polar surface area (TPSA) is 94.4 Å². The summed E-state index contributed by atoms with van der Waals surface area (Å²) in [5, 5.41) is 13.4. The number of aromatic nitrogens is 1. The van der Waals surface area contributed by atoms with E-state index in [1.807, 2.05) is 0 Å². The Morgan fingerprint density at radius 2 is 2.47 bits per heavy atom. The number of hydrogen-bond donors (Lipinski definition) is 1. The van der Waals surface area contributed by atoms with Crippen molar-refractivity contribution in [2.75, 3.05) is 19.0 Å². The standard InChI is InChI=1S/C10H9N3O4/c1-3-4-11-9-8(13(15)16)5-7(6-12-9)10(14)17-2/h1,5-6H,4H2,2H3,(H,11,12). The molecule has 0 aliphatic rings. The highest BCUT2D eigenvalue weighted by Gasteiger charge is 2.18. The molecule has 88 valence electrons. The SMILES string of the molecule is C#CCNc1ncc(C(=O)OC)cc1[N+](=O)[O-]. The first-order chi connectivity index (χ1) is 8.10. The van der Waals surface area contributed by atoms with Crippen LogP contribution in [-0.4, -0.2) is 29.5 Å². The van der Waals surface area contributed by atoms with Crippen LogP contribution in [0.5, 0.6) is 0 Å². The summed E-state index contributed by atoms with van der Waals surface area (Å²) in [7, 11) is 1.18. The van der Waals surface area contributed by atoms with E-state index in [9.17, 15) is 14.9 Å². The molecule has 17 heavy (non-hydrogen) atoms. The Hall–Kier alpha value is -2.62. The van der Waals surface area contributed by atoms with Crippen LogP contribution >= 0.6 is 0 Å². The third kappa shape index (κ3) is 2.92. The monoisotopic (exact) mass is 235 g/mol. The van der Waals surface area contributed by atoms with Gasteiger partial charge in [-0.15, -0.1) is 6.42 Å². The number of carbonyl (C=O) groups is 1. The maximum Gasteiger partial charge on any atom is 0.339 e. The average molecular weight is 235 g/mol. The van der Waals surface area contributed by atoms with Crippen LogP contribution in [0.4, 0.5) is 11.5 Å². The summed E-state index contributed by atoms with van der Waals surface area (Å²) in [5.74, 6) is 1.59. The molecule has 1 rings (SSSR count). The molecule has 0 saturated heterocycles. The Kier molecular flexibility index (Phi) is 4.00. The molecule has 1 aromatic rings. The predicted octanol–water partition coefficient (Wildman–Crippen LogP) is 0.821. The number of hydrogen-bond acceptors (Lipinski definition) is 6.